The van der Waals surface area contributed by atoms with Crippen LogP contribution in [0.5, 0.6) is 0 Å². The lowest BCUT2D eigenvalue weighted by atomic mass is 10.00. The summed E-state index contributed by atoms with van der Waals surface area (Å²) in [5.74, 6) is 0.348. The quantitative estimate of drug-likeness (QED) is 0.662. The van der Waals surface area contributed by atoms with E-state index in [0.717, 1.165) is 19.5 Å². The Bertz CT molecular complexity index is 240. The summed E-state index contributed by atoms with van der Waals surface area (Å²) in [4.78, 5) is 24.4. The molecule has 0 saturated carbocycles. The highest BCUT2D eigenvalue weighted by atomic mass is 16.5. The first kappa shape index (κ1) is 12.0. The lowest BCUT2D eigenvalue weighted by molar-refractivity contribution is -0.144. The van der Waals surface area contributed by atoms with Crippen molar-refractivity contribution < 1.29 is 14.3 Å². The highest BCUT2D eigenvalue weighted by molar-refractivity contribution is 5.81. The number of carbonyl (C=O) groups excluding carboxylic acids is 2. The third-order valence-electron chi connectivity index (χ3n) is 2.78. The molecule has 86 valence electrons. The van der Waals surface area contributed by atoms with Crippen molar-refractivity contribution in [3.8, 4) is 0 Å². The van der Waals surface area contributed by atoms with Crippen molar-refractivity contribution in [1.82, 2.24) is 4.90 Å². The topological polar surface area (TPSA) is 46.6 Å². The van der Waals surface area contributed by atoms with Crippen molar-refractivity contribution >= 4 is 11.9 Å². The van der Waals surface area contributed by atoms with Crippen LogP contribution >= 0.6 is 0 Å². The highest BCUT2D eigenvalue weighted by Crippen LogP contribution is 2.16. The van der Waals surface area contributed by atoms with E-state index in [1.807, 2.05) is 4.90 Å². The van der Waals surface area contributed by atoms with Crippen molar-refractivity contribution in [3.63, 3.8) is 0 Å². The summed E-state index contributed by atoms with van der Waals surface area (Å²) in [5.41, 5.74) is 0. The fourth-order valence-corrected chi connectivity index (χ4v) is 1.89. The van der Waals surface area contributed by atoms with Gasteiger partial charge < -0.3 is 9.64 Å². The molecule has 4 nitrogen and oxygen atoms in total. The van der Waals surface area contributed by atoms with Gasteiger partial charge >= 0.3 is 5.97 Å². The van der Waals surface area contributed by atoms with Gasteiger partial charge in [-0.1, -0.05) is 6.92 Å². The van der Waals surface area contributed by atoms with E-state index in [1.54, 1.807) is 0 Å². The van der Waals surface area contributed by atoms with Crippen LogP contribution in [0.3, 0.4) is 0 Å². The zero-order chi connectivity index (χ0) is 11.3. The number of rotatable bonds is 3. The molecule has 15 heavy (non-hydrogen) atoms. The number of carbonyl (C=O) groups is 2. The molecule has 0 N–H and O–H groups in total. The predicted molar refractivity (Wildman–Crippen MR) is 56.2 cm³/mol. The number of piperidine rings is 1. The van der Waals surface area contributed by atoms with E-state index in [0.29, 0.717) is 5.92 Å². The van der Waals surface area contributed by atoms with Gasteiger partial charge in [-0.2, -0.15) is 0 Å². The molecular formula is C11H19NO3. The second-order valence-corrected chi connectivity index (χ2v) is 4.16. The van der Waals surface area contributed by atoms with Crippen molar-refractivity contribution in [2.75, 3.05) is 20.2 Å². The minimum atomic E-state index is -0.312. The average molecular weight is 213 g/mol. The van der Waals surface area contributed by atoms with Crippen LogP contribution in [0.2, 0.25) is 0 Å². The fourth-order valence-electron chi connectivity index (χ4n) is 1.89. The van der Waals surface area contributed by atoms with Crippen LogP contribution in [0.25, 0.3) is 0 Å². The lowest BCUT2D eigenvalue weighted by Gasteiger charge is -2.30. The van der Waals surface area contributed by atoms with Gasteiger partial charge in [-0.3, -0.25) is 9.59 Å². The van der Waals surface area contributed by atoms with E-state index in [1.165, 1.54) is 13.5 Å². The summed E-state index contributed by atoms with van der Waals surface area (Å²) in [6.45, 7) is 3.82. The second-order valence-electron chi connectivity index (χ2n) is 4.16. The Kier molecular flexibility index (Phi) is 4.59. The molecule has 1 fully saturated rings. The van der Waals surface area contributed by atoms with Crippen molar-refractivity contribution in [3.05, 3.63) is 0 Å². The molecule has 0 aromatic carbocycles. The molecule has 1 aliphatic heterocycles. The average Bonchev–Trinajstić information content (AvgIpc) is 2.25. The fraction of sp³-hybridized carbons (Fsp3) is 0.818. The Morgan fingerprint density at radius 3 is 2.73 bits per heavy atom. The maximum Gasteiger partial charge on any atom is 0.306 e. The maximum atomic E-state index is 11.7. The van der Waals surface area contributed by atoms with Gasteiger partial charge in [-0.05, 0) is 18.8 Å². The van der Waals surface area contributed by atoms with Gasteiger partial charge in [0.25, 0.3) is 0 Å². The van der Waals surface area contributed by atoms with Gasteiger partial charge in [-0.25, -0.2) is 0 Å². The molecule has 1 atom stereocenters. The molecule has 1 rings (SSSR count). The molecule has 1 amide bonds. The monoisotopic (exact) mass is 213 g/mol. The van der Waals surface area contributed by atoms with Crippen LogP contribution in [0, 0.1) is 5.92 Å². The normalized spacial score (nSPS) is 21.2. The molecule has 0 aromatic rings. The van der Waals surface area contributed by atoms with Crippen LogP contribution in [0.4, 0.5) is 0 Å². The molecule has 4 heteroatoms. The van der Waals surface area contributed by atoms with Crippen molar-refractivity contribution in [1.29, 1.82) is 0 Å². The van der Waals surface area contributed by atoms with Crippen molar-refractivity contribution in [2.45, 2.75) is 32.6 Å². The number of amides is 1. The second kappa shape index (κ2) is 5.73. The number of likely N-dealkylation sites (tertiary alicyclic amines) is 1. The molecule has 0 aliphatic carbocycles. The van der Waals surface area contributed by atoms with Gasteiger partial charge in [0.15, 0.2) is 0 Å². The Hall–Kier alpha value is -1.06. The van der Waals surface area contributed by atoms with Crippen LogP contribution in [0.15, 0.2) is 0 Å². The predicted octanol–water partition coefficient (Wildman–Crippen LogP) is 1.20. The molecule has 0 unspecified atom stereocenters. The summed E-state index contributed by atoms with van der Waals surface area (Å²) in [7, 11) is 1.34. The Balaban J connectivity index is 2.30. The molecule has 1 heterocycles. The van der Waals surface area contributed by atoms with E-state index in [9.17, 15) is 9.59 Å². The number of ether oxygens (including phenoxy) is 1. The Labute approximate surface area is 90.6 Å². The minimum absolute atomic E-state index is 0.0759. The zero-order valence-electron chi connectivity index (χ0n) is 9.49. The summed E-state index contributed by atoms with van der Waals surface area (Å²) >= 11 is 0. The summed E-state index contributed by atoms with van der Waals surface area (Å²) in [6, 6.07) is 0. The number of nitrogens with zero attached hydrogens (tertiary/aromatic N) is 1. The molecular weight excluding hydrogens is 194 g/mol. The van der Waals surface area contributed by atoms with E-state index in [4.69, 9.17) is 0 Å². The van der Waals surface area contributed by atoms with Gasteiger partial charge in [0.05, 0.1) is 13.5 Å². The SMILES string of the molecule is COC(=O)CCC(=O)N1CCC[C@@H](C)C1. The van der Waals surface area contributed by atoms with Gasteiger partial charge in [0.2, 0.25) is 5.91 Å². The van der Waals surface area contributed by atoms with Crippen molar-refractivity contribution in [2.24, 2.45) is 5.92 Å². The molecule has 0 radical (unpaired) electrons. The van der Waals surface area contributed by atoms with Crippen LogP contribution in [-0.2, 0) is 14.3 Å². The molecule has 1 aliphatic rings. The molecule has 0 bridgehead atoms. The zero-order valence-corrected chi connectivity index (χ0v) is 9.49. The van der Waals surface area contributed by atoms with Crippen LogP contribution in [-0.4, -0.2) is 37.0 Å². The maximum absolute atomic E-state index is 11.7. The van der Waals surface area contributed by atoms with Crippen LogP contribution in [0.1, 0.15) is 32.6 Å². The van der Waals surface area contributed by atoms with Gasteiger partial charge in [-0.15, -0.1) is 0 Å². The highest BCUT2D eigenvalue weighted by Gasteiger charge is 2.21. The smallest absolute Gasteiger partial charge is 0.306 e. The molecule has 1 saturated heterocycles. The van der Waals surface area contributed by atoms with E-state index in [-0.39, 0.29) is 24.7 Å². The first-order chi connectivity index (χ1) is 7.13. The number of hydrogen-bond acceptors (Lipinski definition) is 3. The Morgan fingerprint density at radius 2 is 2.13 bits per heavy atom. The Morgan fingerprint density at radius 1 is 1.40 bits per heavy atom. The summed E-state index contributed by atoms with van der Waals surface area (Å²) in [6.07, 6.45) is 2.74. The number of methoxy groups -OCH3 is 1. The van der Waals surface area contributed by atoms with E-state index >= 15 is 0 Å². The number of esters is 1. The minimum Gasteiger partial charge on any atom is -0.469 e. The third kappa shape index (κ3) is 3.90. The van der Waals surface area contributed by atoms with Gasteiger partial charge in [0.1, 0.15) is 0 Å². The van der Waals surface area contributed by atoms with Crippen LogP contribution < -0.4 is 0 Å². The third-order valence-corrected chi connectivity index (χ3v) is 2.78. The van der Waals surface area contributed by atoms with Gasteiger partial charge in [0, 0.05) is 19.5 Å². The van der Waals surface area contributed by atoms with E-state index in [2.05, 4.69) is 11.7 Å². The first-order valence-electron chi connectivity index (χ1n) is 5.48. The summed E-state index contributed by atoms with van der Waals surface area (Å²) < 4.78 is 4.50. The lowest BCUT2D eigenvalue weighted by Crippen LogP contribution is -2.39. The first-order valence-corrected chi connectivity index (χ1v) is 5.48. The number of hydrogen-bond donors (Lipinski definition) is 0. The summed E-state index contributed by atoms with van der Waals surface area (Å²) in [5, 5.41) is 0. The van der Waals surface area contributed by atoms with E-state index < -0.39 is 0 Å². The standard InChI is InChI=1S/C11H19NO3/c1-9-4-3-7-12(8-9)10(13)5-6-11(14)15-2/h9H,3-8H2,1-2H3/t9-/m1/s1. The molecule has 0 aromatic heterocycles. The largest absolute Gasteiger partial charge is 0.469 e. The molecule has 0 spiro atoms.